The standard InChI is InChI=1S/C21H22N2O3/c1-25-17-10-9-14-11-20(23-19(14)13-17)21(24)22-15-5-4-8-18(12-15)26-16-6-2-3-7-16/h4-5,8-13,16,23H,2-3,6-7H2,1H3,(H,22,24). The van der Waals surface area contributed by atoms with Crippen LogP contribution in [0.5, 0.6) is 11.5 Å². The van der Waals surface area contributed by atoms with E-state index in [2.05, 4.69) is 10.3 Å². The molecule has 0 atom stereocenters. The highest BCUT2D eigenvalue weighted by molar-refractivity contribution is 6.06. The molecule has 4 rings (SSSR count). The van der Waals surface area contributed by atoms with Gasteiger partial charge in [0.2, 0.25) is 0 Å². The summed E-state index contributed by atoms with van der Waals surface area (Å²) in [6.07, 6.45) is 4.97. The second-order valence-electron chi connectivity index (χ2n) is 6.64. The van der Waals surface area contributed by atoms with Gasteiger partial charge in [-0.25, -0.2) is 0 Å². The molecule has 1 heterocycles. The SMILES string of the molecule is COc1ccc2cc(C(=O)Nc3cccc(OC4CCCC4)c3)[nH]c2c1. The van der Waals surface area contributed by atoms with Crippen molar-refractivity contribution >= 4 is 22.5 Å². The monoisotopic (exact) mass is 350 g/mol. The summed E-state index contributed by atoms with van der Waals surface area (Å²) < 4.78 is 11.2. The van der Waals surface area contributed by atoms with Crippen molar-refractivity contribution in [1.29, 1.82) is 0 Å². The number of aromatic nitrogens is 1. The average Bonchev–Trinajstić information content (AvgIpc) is 3.30. The van der Waals surface area contributed by atoms with Gasteiger partial charge in [-0.3, -0.25) is 4.79 Å². The molecule has 1 fully saturated rings. The number of aromatic amines is 1. The molecule has 0 bridgehead atoms. The van der Waals surface area contributed by atoms with E-state index in [0.717, 1.165) is 40.9 Å². The number of carbonyl (C=O) groups is 1. The number of H-pyrrole nitrogens is 1. The summed E-state index contributed by atoms with van der Waals surface area (Å²) in [5, 5.41) is 3.90. The van der Waals surface area contributed by atoms with Crippen LogP contribution in [-0.4, -0.2) is 24.1 Å². The minimum atomic E-state index is -0.182. The van der Waals surface area contributed by atoms with Gasteiger partial charge >= 0.3 is 0 Å². The summed E-state index contributed by atoms with van der Waals surface area (Å²) in [5.41, 5.74) is 2.10. The Bertz CT molecular complexity index is 926. The van der Waals surface area contributed by atoms with Gasteiger partial charge in [-0.15, -0.1) is 0 Å². The molecular formula is C21H22N2O3. The second kappa shape index (κ2) is 7.12. The molecule has 1 aliphatic carbocycles. The van der Waals surface area contributed by atoms with Gasteiger partial charge in [0.25, 0.3) is 5.91 Å². The van der Waals surface area contributed by atoms with Gasteiger partial charge in [-0.1, -0.05) is 6.07 Å². The Morgan fingerprint density at radius 2 is 1.92 bits per heavy atom. The molecule has 26 heavy (non-hydrogen) atoms. The van der Waals surface area contributed by atoms with Crippen molar-refractivity contribution in [2.45, 2.75) is 31.8 Å². The van der Waals surface area contributed by atoms with E-state index in [9.17, 15) is 4.79 Å². The first kappa shape index (κ1) is 16.5. The van der Waals surface area contributed by atoms with Crippen LogP contribution < -0.4 is 14.8 Å². The lowest BCUT2D eigenvalue weighted by atomic mass is 10.2. The van der Waals surface area contributed by atoms with Crippen LogP contribution in [-0.2, 0) is 0 Å². The highest BCUT2D eigenvalue weighted by Gasteiger charge is 2.17. The zero-order valence-corrected chi connectivity index (χ0v) is 14.7. The van der Waals surface area contributed by atoms with E-state index < -0.39 is 0 Å². The molecule has 2 aromatic carbocycles. The Hall–Kier alpha value is -2.95. The molecule has 2 N–H and O–H groups in total. The van der Waals surface area contributed by atoms with E-state index in [1.54, 1.807) is 7.11 Å². The largest absolute Gasteiger partial charge is 0.497 e. The fraction of sp³-hybridized carbons (Fsp3) is 0.286. The van der Waals surface area contributed by atoms with Crippen molar-refractivity contribution in [2.24, 2.45) is 0 Å². The number of fused-ring (bicyclic) bond motifs is 1. The van der Waals surface area contributed by atoms with E-state index in [-0.39, 0.29) is 5.91 Å². The zero-order chi connectivity index (χ0) is 17.9. The second-order valence-corrected chi connectivity index (χ2v) is 6.64. The molecule has 1 saturated carbocycles. The van der Waals surface area contributed by atoms with Crippen molar-refractivity contribution in [3.05, 3.63) is 54.2 Å². The summed E-state index contributed by atoms with van der Waals surface area (Å²) in [4.78, 5) is 15.7. The molecule has 134 valence electrons. The number of hydrogen-bond acceptors (Lipinski definition) is 3. The van der Waals surface area contributed by atoms with E-state index in [4.69, 9.17) is 9.47 Å². The molecular weight excluding hydrogens is 328 g/mol. The van der Waals surface area contributed by atoms with Crippen molar-refractivity contribution in [1.82, 2.24) is 4.98 Å². The molecule has 0 radical (unpaired) electrons. The predicted octanol–water partition coefficient (Wildman–Crippen LogP) is 4.75. The third kappa shape index (κ3) is 3.52. The topological polar surface area (TPSA) is 63.4 Å². The number of ether oxygens (including phenoxy) is 2. The number of amides is 1. The van der Waals surface area contributed by atoms with Gasteiger partial charge in [0.1, 0.15) is 17.2 Å². The summed E-state index contributed by atoms with van der Waals surface area (Å²) in [6.45, 7) is 0. The molecule has 5 nitrogen and oxygen atoms in total. The first-order chi connectivity index (χ1) is 12.7. The van der Waals surface area contributed by atoms with Crippen molar-refractivity contribution in [3.63, 3.8) is 0 Å². The van der Waals surface area contributed by atoms with Crippen LogP contribution in [0.25, 0.3) is 10.9 Å². The van der Waals surface area contributed by atoms with Gasteiger partial charge in [0, 0.05) is 28.7 Å². The minimum absolute atomic E-state index is 0.182. The number of nitrogens with one attached hydrogen (secondary N) is 2. The smallest absolute Gasteiger partial charge is 0.272 e. The Kier molecular flexibility index (Phi) is 4.52. The molecule has 0 spiro atoms. The number of anilines is 1. The number of benzene rings is 2. The van der Waals surface area contributed by atoms with Crippen molar-refractivity contribution in [2.75, 3.05) is 12.4 Å². The van der Waals surface area contributed by atoms with E-state index in [1.165, 1.54) is 12.8 Å². The third-order valence-corrected chi connectivity index (χ3v) is 4.77. The van der Waals surface area contributed by atoms with Gasteiger partial charge in [0.15, 0.2) is 0 Å². The molecule has 3 aromatic rings. The van der Waals surface area contributed by atoms with Gasteiger partial charge in [0.05, 0.1) is 13.2 Å². The Balaban J connectivity index is 1.49. The Morgan fingerprint density at radius 1 is 1.08 bits per heavy atom. The quantitative estimate of drug-likeness (QED) is 0.698. The van der Waals surface area contributed by atoms with Crippen molar-refractivity contribution < 1.29 is 14.3 Å². The third-order valence-electron chi connectivity index (χ3n) is 4.77. The van der Waals surface area contributed by atoms with Crippen molar-refractivity contribution in [3.8, 4) is 11.5 Å². The molecule has 0 saturated heterocycles. The maximum Gasteiger partial charge on any atom is 0.272 e. The van der Waals surface area contributed by atoms with Crippen LogP contribution in [0.4, 0.5) is 5.69 Å². The average molecular weight is 350 g/mol. The summed E-state index contributed by atoms with van der Waals surface area (Å²) >= 11 is 0. The summed E-state index contributed by atoms with van der Waals surface area (Å²) in [5.74, 6) is 1.37. The Morgan fingerprint density at radius 3 is 2.73 bits per heavy atom. The van der Waals surface area contributed by atoms with Crippen LogP contribution in [0.3, 0.4) is 0 Å². The molecule has 0 unspecified atom stereocenters. The summed E-state index contributed by atoms with van der Waals surface area (Å²) in [7, 11) is 1.62. The fourth-order valence-corrected chi connectivity index (χ4v) is 3.40. The van der Waals surface area contributed by atoms with Crippen LogP contribution >= 0.6 is 0 Å². The minimum Gasteiger partial charge on any atom is -0.497 e. The lowest BCUT2D eigenvalue weighted by Crippen LogP contribution is -2.13. The van der Waals surface area contributed by atoms with Crippen LogP contribution in [0.2, 0.25) is 0 Å². The highest BCUT2D eigenvalue weighted by atomic mass is 16.5. The lowest BCUT2D eigenvalue weighted by molar-refractivity contribution is 0.102. The normalized spacial score (nSPS) is 14.5. The number of methoxy groups -OCH3 is 1. The first-order valence-corrected chi connectivity index (χ1v) is 8.96. The maximum atomic E-state index is 12.6. The molecule has 1 aliphatic rings. The first-order valence-electron chi connectivity index (χ1n) is 8.96. The highest BCUT2D eigenvalue weighted by Crippen LogP contribution is 2.26. The van der Waals surface area contributed by atoms with Crippen LogP contribution in [0, 0.1) is 0 Å². The Labute approximate surface area is 152 Å². The lowest BCUT2D eigenvalue weighted by Gasteiger charge is -2.14. The van der Waals surface area contributed by atoms with E-state index in [1.807, 2.05) is 48.5 Å². The predicted molar refractivity (Wildman–Crippen MR) is 102 cm³/mol. The molecule has 0 aliphatic heterocycles. The summed E-state index contributed by atoms with van der Waals surface area (Å²) in [6, 6.07) is 15.1. The van der Waals surface area contributed by atoms with E-state index in [0.29, 0.717) is 11.8 Å². The number of carbonyl (C=O) groups excluding carboxylic acids is 1. The fourth-order valence-electron chi connectivity index (χ4n) is 3.40. The van der Waals surface area contributed by atoms with Crippen LogP contribution in [0.15, 0.2) is 48.5 Å². The maximum absolute atomic E-state index is 12.6. The molecule has 1 aromatic heterocycles. The number of rotatable bonds is 5. The van der Waals surface area contributed by atoms with E-state index >= 15 is 0 Å². The number of hydrogen-bond donors (Lipinski definition) is 2. The van der Waals surface area contributed by atoms with Gasteiger partial charge < -0.3 is 19.8 Å². The van der Waals surface area contributed by atoms with Crippen LogP contribution in [0.1, 0.15) is 36.2 Å². The molecule has 1 amide bonds. The van der Waals surface area contributed by atoms with Gasteiger partial charge in [-0.05, 0) is 56.0 Å². The molecule has 5 heteroatoms. The zero-order valence-electron chi connectivity index (χ0n) is 14.7. The van der Waals surface area contributed by atoms with Gasteiger partial charge in [-0.2, -0.15) is 0 Å².